The summed E-state index contributed by atoms with van der Waals surface area (Å²) in [5, 5.41) is 0. The maximum absolute atomic E-state index is 10.1. The van der Waals surface area contributed by atoms with Gasteiger partial charge in [0.2, 0.25) is 5.91 Å². The molecule has 0 heterocycles. The molecular weight excluding hydrogens is 116 g/mol. The molecule has 0 aromatic heterocycles. The van der Waals surface area contributed by atoms with Gasteiger partial charge in [-0.3, -0.25) is 4.79 Å². The summed E-state index contributed by atoms with van der Waals surface area (Å²) in [6.45, 7) is 0.656. The Morgan fingerprint density at radius 2 is 2.22 bits per heavy atom. The van der Waals surface area contributed by atoms with Gasteiger partial charge in [0.15, 0.2) is 0 Å². The zero-order chi connectivity index (χ0) is 7.11. The highest BCUT2D eigenvalue weighted by Gasteiger charge is 1.81. The topological polar surface area (TPSA) is 69.1 Å². The van der Waals surface area contributed by atoms with E-state index in [2.05, 4.69) is 0 Å². The first-order valence-corrected chi connectivity index (χ1v) is 2.93. The Morgan fingerprint density at radius 1 is 1.56 bits per heavy atom. The van der Waals surface area contributed by atoms with Gasteiger partial charge < -0.3 is 11.5 Å². The van der Waals surface area contributed by atoms with Crippen LogP contribution in [0.1, 0.15) is 12.8 Å². The number of amides is 1. The summed E-state index contributed by atoms with van der Waals surface area (Å²) in [4.78, 5) is 10.1. The highest BCUT2D eigenvalue weighted by atomic mass is 16.1. The standard InChI is InChI=1S/C6H12N2O/c7-5-3-1-2-4-6(8)9/h2,4H,1,3,5,7H2,(H2,8,9)/b4-2-. The molecule has 0 radical (unpaired) electrons. The minimum absolute atomic E-state index is 0.396. The van der Waals surface area contributed by atoms with Crippen LogP contribution in [0.3, 0.4) is 0 Å². The molecule has 0 spiro atoms. The summed E-state index contributed by atoms with van der Waals surface area (Å²) >= 11 is 0. The molecule has 3 nitrogen and oxygen atoms in total. The third-order valence-electron chi connectivity index (χ3n) is 0.857. The molecule has 0 aliphatic heterocycles. The number of nitrogens with two attached hydrogens (primary N) is 2. The molecule has 9 heavy (non-hydrogen) atoms. The smallest absolute Gasteiger partial charge is 0.241 e. The van der Waals surface area contributed by atoms with Crippen molar-refractivity contribution in [3.8, 4) is 0 Å². The first-order chi connectivity index (χ1) is 4.27. The summed E-state index contributed by atoms with van der Waals surface area (Å²) in [6, 6.07) is 0. The zero-order valence-corrected chi connectivity index (χ0v) is 5.34. The van der Waals surface area contributed by atoms with Crippen LogP contribution in [0.25, 0.3) is 0 Å². The minimum Gasteiger partial charge on any atom is -0.366 e. The summed E-state index contributed by atoms with van der Waals surface area (Å²) < 4.78 is 0. The number of carbonyl (C=O) groups is 1. The Hall–Kier alpha value is -0.830. The van der Waals surface area contributed by atoms with Crippen molar-refractivity contribution in [2.24, 2.45) is 11.5 Å². The van der Waals surface area contributed by atoms with Crippen LogP contribution in [-0.2, 0) is 4.79 Å². The fourth-order valence-corrected chi connectivity index (χ4v) is 0.435. The molecular formula is C6H12N2O. The molecule has 0 saturated heterocycles. The molecule has 3 heteroatoms. The Bertz CT molecular complexity index is 110. The van der Waals surface area contributed by atoms with Crippen LogP contribution in [0, 0.1) is 0 Å². The SMILES string of the molecule is NCCC/C=C\C(N)=O. The molecule has 0 aromatic carbocycles. The van der Waals surface area contributed by atoms with Gasteiger partial charge in [-0.05, 0) is 25.5 Å². The second-order valence-electron chi connectivity index (χ2n) is 1.74. The average Bonchev–Trinajstić information content (AvgIpc) is 1.80. The second-order valence-corrected chi connectivity index (χ2v) is 1.74. The molecule has 0 aliphatic rings. The van der Waals surface area contributed by atoms with Crippen molar-refractivity contribution in [3.63, 3.8) is 0 Å². The number of hydrogen-bond donors (Lipinski definition) is 2. The maximum Gasteiger partial charge on any atom is 0.241 e. The van der Waals surface area contributed by atoms with Crippen LogP contribution in [0.5, 0.6) is 0 Å². The lowest BCUT2D eigenvalue weighted by Crippen LogP contribution is -2.05. The summed E-state index contributed by atoms with van der Waals surface area (Å²) in [7, 11) is 0. The van der Waals surface area contributed by atoms with Gasteiger partial charge in [0, 0.05) is 0 Å². The fraction of sp³-hybridized carbons (Fsp3) is 0.500. The minimum atomic E-state index is -0.396. The van der Waals surface area contributed by atoms with Crippen molar-refractivity contribution in [2.45, 2.75) is 12.8 Å². The van der Waals surface area contributed by atoms with Crippen molar-refractivity contribution in [1.82, 2.24) is 0 Å². The highest BCUT2D eigenvalue weighted by Crippen LogP contribution is 1.86. The predicted octanol–water partition coefficient (Wildman–Crippen LogP) is -0.233. The molecule has 0 rings (SSSR count). The normalized spacial score (nSPS) is 10.3. The number of primary amides is 1. The number of allylic oxidation sites excluding steroid dienone is 1. The second kappa shape index (κ2) is 5.31. The average molecular weight is 128 g/mol. The number of hydrogen-bond acceptors (Lipinski definition) is 2. The Morgan fingerprint density at radius 3 is 2.67 bits per heavy atom. The first-order valence-electron chi connectivity index (χ1n) is 2.93. The van der Waals surface area contributed by atoms with Gasteiger partial charge in [-0.1, -0.05) is 6.08 Å². The monoisotopic (exact) mass is 128 g/mol. The summed E-state index contributed by atoms with van der Waals surface area (Å²) in [5.74, 6) is -0.396. The molecule has 1 amide bonds. The van der Waals surface area contributed by atoms with Gasteiger partial charge in [0.25, 0.3) is 0 Å². The van der Waals surface area contributed by atoms with Gasteiger partial charge in [-0.15, -0.1) is 0 Å². The maximum atomic E-state index is 10.1. The van der Waals surface area contributed by atoms with Gasteiger partial charge >= 0.3 is 0 Å². The van der Waals surface area contributed by atoms with Gasteiger partial charge in [-0.2, -0.15) is 0 Å². The van der Waals surface area contributed by atoms with Crippen LogP contribution in [0.2, 0.25) is 0 Å². The predicted molar refractivity (Wildman–Crippen MR) is 36.6 cm³/mol. The van der Waals surface area contributed by atoms with E-state index in [1.807, 2.05) is 0 Å². The lowest BCUT2D eigenvalue weighted by molar-refractivity contribution is -0.113. The van der Waals surface area contributed by atoms with E-state index in [4.69, 9.17) is 11.5 Å². The van der Waals surface area contributed by atoms with Crippen molar-refractivity contribution in [2.75, 3.05) is 6.54 Å². The van der Waals surface area contributed by atoms with Crippen molar-refractivity contribution in [1.29, 1.82) is 0 Å². The molecule has 0 saturated carbocycles. The largest absolute Gasteiger partial charge is 0.366 e. The van der Waals surface area contributed by atoms with E-state index in [-0.39, 0.29) is 0 Å². The highest BCUT2D eigenvalue weighted by molar-refractivity contribution is 5.85. The zero-order valence-electron chi connectivity index (χ0n) is 5.34. The number of carbonyl (C=O) groups excluding carboxylic acids is 1. The van der Waals surface area contributed by atoms with Crippen molar-refractivity contribution in [3.05, 3.63) is 12.2 Å². The van der Waals surface area contributed by atoms with Gasteiger partial charge in [0.1, 0.15) is 0 Å². The third-order valence-corrected chi connectivity index (χ3v) is 0.857. The van der Waals surface area contributed by atoms with E-state index in [9.17, 15) is 4.79 Å². The number of rotatable bonds is 4. The quantitative estimate of drug-likeness (QED) is 0.405. The lowest BCUT2D eigenvalue weighted by Gasteiger charge is -1.85. The van der Waals surface area contributed by atoms with Crippen LogP contribution >= 0.6 is 0 Å². The van der Waals surface area contributed by atoms with Gasteiger partial charge in [0.05, 0.1) is 0 Å². The van der Waals surface area contributed by atoms with E-state index < -0.39 is 5.91 Å². The third kappa shape index (κ3) is 7.17. The summed E-state index contributed by atoms with van der Waals surface area (Å²) in [6.07, 6.45) is 4.83. The molecule has 0 aromatic rings. The van der Waals surface area contributed by atoms with Crippen molar-refractivity contribution < 1.29 is 4.79 Å². The Kier molecular flexibility index (Phi) is 4.82. The molecule has 0 unspecified atom stereocenters. The fourth-order valence-electron chi connectivity index (χ4n) is 0.435. The molecule has 0 bridgehead atoms. The number of unbranched alkanes of at least 4 members (excludes halogenated alkanes) is 1. The van der Waals surface area contributed by atoms with E-state index in [0.29, 0.717) is 6.54 Å². The molecule has 0 fully saturated rings. The Balaban J connectivity index is 3.15. The van der Waals surface area contributed by atoms with Crippen LogP contribution in [-0.4, -0.2) is 12.5 Å². The van der Waals surface area contributed by atoms with Gasteiger partial charge in [-0.25, -0.2) is 0 Å². The first kappa shape index (κ1) is 8.17. The molecule has 0 aliphatic carbocycles. The lowest BCUT2D eigenvalue weighted by atomic mass is 10.3. The van der Waals surface area contributed by atoms with Crippen LogP contribution in [0.4, 0.5) is 0 Å². The van der Waals surface area contributed by atoms with Crippen molar-refractivity contribution >= 4 is 5.91 Å². The molecule has 0 atom stereocenters. The van der Waals surface area contributed by atoms with Crippen LogP contribution in [0.15, 0.2) is 12.2 Å². The Labute approximate surface area is 54.7 Å². The van der Waals surface area contributed by atoms with E-state index in [1.165, 1.54) is 6.08 Å². The molecule has 52 valence electrons. The van der Waals surface area contributed by atoms with E-state index >= 15 is 0 Å². The van der Waals surface area contributed by atoms with E-state index in [1.54, 1.807) is 6.08 Å². The molecule has 4 N–H and O–H groups in total. The van der Waals surface area contributed by atoms with Crippen LogP contribution < -0.4 is 11.5 Å². The summed E-state index contributed by atoms with van der Waals surface area (Å²) in [5.41, 5.74) is 10.0. The van der Waals surface area contributed by atoms with E-state index in [0.717, 1.165) is 12.8 Å².